The lowest BCUT2D eigenvalue weighted by Crippen LogP contribution is -1.89. The summed E-state index contributed by atoms with van der Waals surface area (Å²) >= 11 is 0. The Balaban J connectivity index is 2.96. The Labute approximate surface area is 75.3 Å². The average molecular weight is 180 g/mol. The van der Waals surface area contributed by atoms with Gasteiger partial charge in [0.15, 0.2) is 0 Å². The molecule has 0 saturated carbocycles. The number of hydrogen-bond acceptors (Lipinski definition) is 1. The first-order valence-corrected chi connectivity index (χ1v) is 3.77. The molecule has 1 aromatic carbocycles. The molecule has 0 bridgehead atoms. The second-order valence-electron chi connectivity index (χ2n) is 2.67. The minimum atomic E-state index is -0.998. The zero-order valence-corrected chi connectivity index (χ0v) is 7.12. The highest BCUT2D eigenvalue weighted by atomic mass is 19.1. The molecular weight excluding hydrogens is 171 g/mol. The fraction of sp³-hybridized carbons (Fsp3) is 0.100. The second-order valence-corrected chi connectivity index (χ2v) is 2.67. The number of benzene rings is 1. The van der Waals surface area contributed by atoms with Gasteiger partial charge in [0.1, 0.15) is 5.82 Å². The smallest absolute Gasteiger partial charge is 0.328 e. The molecule has 3 heteroatoms. The maximum absolute atomic E-state index is 12.5. The zero-order valence-electron chi connectivity index (χ0n) is 7.12. The van der Waals surface area contributed by atoms with Gasteiger partial charge in [-0.05, 0) is 30.2 Å². The molecule has 1 aromatic rings. The summed E-state index contributed by atoms with van der Waals surface area (Å²) < 4.78 is 12.5. The van der Waals surface area contributed by atoms with Crippen LogP contribution in [0.25, 0.3) is 5.57 Å². The molecule has 1 N–H and O–H groups in total. The number of hydrogen-bond donors (Lipinski definition) is 1. The monoisotopic (exact) mass is 180 g/mol. The van der Waals surface area contributed by atoms with Crippen LogP contribution < -0.4 is 0 Å². The van der Waals surface area contributed by atoms with Crippen molar-refractivity contribution in [3.05, 3.63) is 41.7 Å². The van der Waals surface area contributed by atoms with Crippen LogP contribution >= 0.6 is 0 Å². The van der Waals surface area contributed by atoms with E-state index in [1.807, 2.05) is 0 Å². The number of carbonyl (C=O) groups is 1. The van der Waals surface area contributed by atoms with E-state index in [1.165, 1.54) is 12.1 Å². The molecule has 0 spiro atoms. The Bertz CT molecular complexity index is 338. The van der Waals surface area contributed by atoms with E-state index in [4.69, 9.17) is 5.11 Å². The summed E-state index contributed by atoms with van der Waals surface area (Å²) in [5.74, 6) is -1.33. The summed E-state index contributed by atoms with van der Waals surface area (Å²) in [6, 6.07) is 5.69. The normalized spacial score (nSPS) is 11.4. The van der Waals surface area contributed by atoms with E-state index in [1.54, 1.807) is 19.1 Å². The van der Waals surface area contributed by atoms with Crippen LogP contribution in [0.5, 0.6) is 0 Å². The van der Waals surface area contributed by atoms with Crippen LogP contribution in [0.1, 0.15) is 12.5 Å². The van der Waals surface area contributed by atoms with Gasteiger partial charge in [-0.15, -0.1) is 0 Å². The van der Waals surface area contributed by atoms with Crippen molar-refractivity contribution >= 4 is 11.5 Å². The minimum Gasteiger partial charge on any atom is -0.478 e. The zero-order chi connectivity index (χ0) is 9.84. The number of allylic oxidation sites excluding steroid dienone is 1. The molecule has 0 aliphatic heterocycles. The Hall–Kier alpha value is -1.64. The van der Waals surface area contributed by atoms with Gasteiger partial charge in [-0.2, -0.15) is 0 Å². The van der Waals surface area contributed by atoms with E-state index < -0.39 is 5.97 Å². The molecule has 1 rings (SSSR count). The Morgan fingerprint density at radius 2 is 1.92 bits per heavy atom. The topological polar surface area (TPSA) is 37.3 Å². The molecule has 0 atom stereocenters. The van der Waals surface area contributed by atoms with Crippen molar-refractivity contribution in [2.24, 2.45) is 0 Å². The summed E-state index contributed by atoms with van der Waals surface area (Å²) in [5.41, 5.74) is 1.32. The molecule has 0 fully saturated rings. The van der Waals surface area contributed by atoms with Crippen molar-refractivity contribution < 1.29 is 14.3 Å². The first kappa shape index (κ1) is 9.45. The van der Waals surface area contributed by atoms with Crippen LogP contribution in [0.4, 0.5) is 4.39 Å². The van der Waals surface area contributed by atoms with Gasteiger partial charge < -0.3 is 5.11 Å². The molecule has 2 nitrogen and oxygen atoms in total. The largest absolute Gasteiger partial charge is 0.478 e. The lowest BCUT2D eigenvalue weighted by Gasteiger charge is -1.98. The minimum absolute atomic E-state index is 0.327. The Morgan fingerprint density at radius 1 is 1.38 bits per heavy atom. The average Bonchev–Trinajstić information content (AvgIpc) is 2.04. The van der Waals surface area contributed by atoms with Gasteiger partial charge in [-0.25, -0.2) is 9.18 Å². The highest BCUT2D eigenvalue weighted by molar-refractivity contribution is 5.89. The van der Waals surface area contributed by atoms with Gasteiger partial charge in [0.2, 0.25) is 0 Å². The third-order valence-corrected chi connectivity index (χ3v) is 1.64. The summed E-state index contributed by atoms with van der Waals surface area (Å²) in [6.07, 6.45) is 1.09. The number of rotatable bonds is 2. The Kier molecular flexibility index (Phi) is 2.80. The van der Waals surface area contributed by atoms with Crippen LogP contribution in [-0.4, -0.2) is 11.1 Å². The molecule has 0 radical (unpaired) electrons. The van der Waals surface area contributed by atoms with E-state index in [0.29, 0.717) is 11.1 Å². The van der Waals surface area contributed by atoms with Gasteiger partial charge in [0.25, 0.3) is 0 Å². The fourth-order valence-corrected chi connectivity index (χ4v) is 0.981. The highest BCUT2D eigenvalue weighted by Gasteiger charge is 1.98. The molecule has 13 heavy (non-hydrogen) atoms. The van der Waals surface area contributed by atoms with Crippen molar-refractivity contribution in [2.75, 3.05) is 0 Å². The number of carboxylic acids is 1. The molecular formula is C10H9FO2. The lowest BCUT2D eigenvalue weighted by molar-refractivity contribution is -0.131. The number of halogens is 1. The predicted molar refractivity (Wildman–Crippen MR) is 47.7 cm³/mol. The maximum atomic E-state index is 12.5. The van der Waals surface area contributed by atoms with Gasteiger partial charge in [0.05, 0.1) is 0 Å². The standard InChI is InChI=1S/C10H9FO2/c1-7(6-10(12)13)8-2-4-9(11)5-3-8/h2-6H,1H3,(H,12,13). The van der Waals surface area contributed by atoms with Crippen LogP contribution in [0.2, 0.25) is 0 Å². The van der Waals surface area contributed by atoms with Gasteiger partial charge in [-0.3, -0.25) is 0 Å². The molecule has 0 saturated heterocycles. The van der Waals surface area contributed by atoms with Crippen molar-refractivity contribution in [1.82, 2.24) is 0 Å². The first-order valence-electron chi connectivity index (χ1n) is 3.77. The van der Waals surface area contributed by atoms with Crippen molar-refractivity contribution in [1.29, 1.82) is 0 Å². The van der Waals surface area contributed by atoms with Gasteiger partial charge >= 0.3 is 5.97 Å². The number of aliphatic carboxylic acids is 1. The first-order chi connectivity index (χ1) is 6.09. The molecule has 68 valence electrons. The van der Waals surface area contributed by atoms with Crippen molar-refractivity contribution in [2.45, 2.75) is 6.92 Å². The van der Waals surface area contributed by atoms with E-state index >= 15 is 0 Å². The quantitative estimate of drug-likeness (QED) is 0.709. The summed E-state index contributed by atoms with van der Waals surface area (Å²) in [4.78, 5) is 10.3. The van der Waals surface area contributed by atoms with E-state index in [0.717, 1.165) is 6.08 Å². The lowest BCUT2D eigenvalue weighted by atomic mass is 10.1. The second kappa shape index (κ2) is 3.85. The Morgan fingerprint density at radius 3 is 2.38 bits per heavy atom. The maximum Gasteiger partial charge on any atom is 0.328 e. The molecule has 0 heterocycles. The molecule has 0 amide bonds. The SMILES string of the molecule is CC(=CC(=O)O)c1ccc(F)cc1. The third-order valence-electron chi connectivity index (χ3n) is 1.64. The fourth-order valence-electron chi connectivity index (χ4n) is 0.981. The van der Waals surface area contributed by atoms with E-state index in [9.17, 15) is 9.18 Å². The van der Waals surface area contributed by atoms with E-state index in [2.05, 4.69) is 0 Å². The van der Waals surface area contributed by atoms with Crippen LogP contribution in [0.15, 0.2) is 30.3 Å². The van der Waals surface area contributed by atoms with Crippen molar-refractivity contribution in [3.63, 3.8) is 0 Å². The molecule has 0 unspecified atom stereocenters. The molecule has 0 aromatic heterocycles. The van der Waals surface area contributed by atoms with Crippen molar-refractivity contribution in [3.8, 4) is 0 Å². The molecule has 0 aliphatic rings. The van der Waals surface area contributed by atoms with Crippen LogP contribution in [-0.2, 0) is 4.79 Å². The highest BCUT2D eigenvalue weighted by Crippen LogP contribution is 2.13. The summed E-state index contributed by atoms with van der Waals surface area (Å²) in [5, 5.41) is 8.45. The van der Waals surface area contributed by atoms with Crippen LogP contribution in [0.3, 0.4) is 0 Å². The molecule has 0 aliphatic carbocycles. The van der Waals surface area contributed by atoms with Crippen LogP contribution in [0, 0.1) is 5.82 Å². The summed E-state index contributed by atoms with van der Waals surface area (Å²) in [7, 11) is 0. The van der Waals surface area contributed by atoms with Gasteiger partial charge in [-0.1, -0.05) is 12.1 Å². The van der Waals surface area contributed by atoms with E-state index in [-0.39, 0.29) is 5.82 Å². The third kappa shape index (κ3) is 2.71. The summed E-state index contributed by atoms with van der Waals surface area (Å²) in [6.45, 7) is 1.67. The number of carboxylic acid groups (broad SMARTS) is 1. The van der Waals surface area contributed by atoms with Gasteiger partial charge in [0, 0.05) is 6.08 Å². The predicted octanol–water partition coefficient (Wildman–Crippen LogP) is 2.31.